The Morgan fingerprint density at radius 2 is 2.29 bits per heavy atom. The van der Waals surface area contributed by atoms with Crippen LogP contribution in [-0.4, -0.2) is 18.1 Å². The number of halogens is 3. The minimum Gasteiger partial charge on any atom is -0.292 e. The van der Waals surface area contributed by atoms with E-state index in [1.807, 2.05) is 0 Å². The number of hydrogen-bond donors (Lipinski definition) is 0. The smallest absolute Gasteiger partial charge is 0.233 e. The standard InChI is InChI=1S/C3H3ClF2O/c4-3(6)2(7)1-5/h3H,1H2. The molecule has 0 bridgehead atoms. The summed E-state index contributed by atoms with van der Waals surface area (Å²) in [4.78, 5) is 9.63. The van der Waals surface area contributed by atoms with E-state index in [0.717, 1.165) is 0 Å². The first-order valence-electron chi connectivity index (χ1n) is 1.55. The Hall–Kier alpha value is -0.180. The van der Waals surface area contributed by atoms with Crippen molar-refractivity contribution >= 4 is 17.4 Å². The van der Waals surface area contributed by atoms with Crippen LogP contribution in [0.3, 0.4) is 0 Å². The van der Waals surface area contributed by atoms with Crippen molar-refractivity contribution in [3.05, 3.63) is 0 Å². The van der Waals surface area contributed by atoms with Crippen molar-refractivity contribution in [3.63, 3.8) is 0 Å². The van der Waals surface area contributed by atoms with Crippen LogP contribution in [0.25, 0.3) is 0 Å². The number of alkyl halides is 3. The highest BCUT2D eigenvalue weighted by molar-refractivity contribution is 6.30. The van der Waals surface area contributed by atoms with Gasteiger partial charge in [-0.25, -0.2) is 8.78 Å². The van der Waals surface area contributed by atoms with Gasteiger partial charge in [-0.2, -0.15) is 0 Å². The summed E-state index contributed by atoms with van der Waals surface area (Å²) in [6, 6.07) is 0. The Balaban J connectivity index is 3.35. The Labute approximate surface area is 44.3 Å². The zero-order chi connectivity index (χ0) is 5.86. The summed E-state index contributed by atoms with van der Waals surface area (Å²) in [6.45, 7) is -1.33. The van der Waals surface area contributed by atoms with Crippen LogP contribution >= 0.6 is 11.6 Å². The highest BCUT2D eigenvalue weighted by atomic mass is 35.5. The number of carbonyl (C=O) groups is 1. The molecule has 0 rings (SSSR count). The number of ketones is 1. The SMILES string of the molecule is O=C(CF)C(F)Cl. The van der Waals surface area contributed by atoms with Crippen LogP contribution < -0.4 is 0 Å². The minimum atomic E-state index is -2.18. The van der Waals surface area contributed by atoms with Gasteiger partial charge in [0, 0.05) is 0 Å². The molecule has 0 aromatic carbocycles. The Morgan fingerprint density at radius 3 is 2.29 bits per heavy atom. The van der Waals surface area contributed by atoms with E-state index >= 15 is 0 Å². The number of hydrogen-bond acceptors (Lipinski definition) is 1. The molecule has 0 aliphatic heterocycles. The van der Waals surface area contributed by atoms with E-state index in [1.54, 1.807) is 0 Å². The van der Waals surface area contributed by atoms with Gasteiger partial charge in [-0.1, -0.05) is 11.6 Å². The van der Waals surface area contributed by atoms with E-state index < -0.39 is 18.1 Å². The van der Waals surface area contributed by atoms with Crippen molar-refractivity contribution in [2.24, 2.45) is 0 Å². The maximum Gasteiger partial charge on any atom is 0.233 e. The summed E-state index contributed by atoms with van der Waals surface area (Å²) in [7, 11) is 0. The van der Waals surface area contributed by atoms with Crippen LogP contribution in [0.4, 0.5) is 8.78 Å². The summed E-state index contributed by atoms with van der Waals surface area (Å²) >= 11 is 4.47. The molecule has 1 atom stereocenters. The average molecular weight is 129 g/mol. The summed E-state index contributed by atoms with van der Waals surface area (Å²) < 4.78 is 22.2. The first kappa shape index (κ1) is 6.82. The molecule has 0 aliphatic rings. The third-order valence-corrected chi connectivity index (χ3v) is 0.618. The fourth-order valence-corrected chi connectivity index (χ4v) is 0.117. The summed E-state index contributed by atoms with van der Waals surface area (Å²) in [5.41, 5.74) is -2.18. The molecule has 0 saturated carbocycles. The van der Waals surface area contributed by atoms with Crippen molar-refractivity contribution in [2.75, 3.05) is 6.67 Å². The predicted octanol–water partition coefficient (Wildman–Crippen LogP) is 1.06. The van der Waals surface area contributed by atoms with Crippen molar-refractivity contribution in [1.82, 2.24) is 0 Å². The summed E-state index contributed by atoms with van der Waals surface area (Å²) in [5.74, 6) is -1.22. The highest BCUT2D eigenvalue weighted by Crippen LogP contribution is 1.97. The summed E-state index contributed by atoms with van der Waals surface area (Å²) in [6.07, 6.45) is 0. The van der Waals surface area contributed by atoms with Crippen LogP contribution in [-0.2, 0) is 4.79 Å². The van der Waals surface area contributed by atoms with Gasteiger partial charge in [0.1, 0.15) is 0 Å². The fraction of sp³-hybridized carbons (Fsp3) is 0.667. The molecule has 42 valence electrons. The molecule has 0 spiro atoms. The van der Waals surface area contributed by atoms with Crippen LogP contribution in [0.2, 0.25) is 0 Å². The van der Waals surface area contributed by atoms with Crippen LogP contribution in [0, 0.1) is 0 Å². The average Bonchev–Trinajstić information content (AvgIpc) is 1.65. The monoisotopic (exact) mass is 128 g/mol. The third-order valence-electron chi connectivity index (χ3n) is 0.375. The van der Waals surface area contributed by atoms with Gasteiger partial charge >= 0.3 is 0 Å². The lowest BCUT2D eigenvalue weighted by atomic mass is 10.5. The molecule has 4 heteroatoms. The molecule has 0 aliphatic carbocycles. The molecule has 0 radical (unpaired) electrons. The molecule has 0 amide bonds. The molecule has 0 N–H and O–H groups in total. The van der Waals surface area contributed by atoms with Gasteiger partial charge in [-0.05, 0) is 0 Å². The van der Waals surface area contributed by atoms with Gasteiger partial charge in [0.2, 0.25) is 11.4 Å². The second kappa shape index (κ2) is 2.91. The third kappa shape index (κ3) is 2.51. The van der Waals surface area contributed by atoms with E-state index in [9.17, 15) is 13.6 Å². The van der Waals surface area contributed by atoms with E-state index in [0.29, 0.717) is 0 Å². The second-order valence-electron chi connectivity index (χ2n) is 0.901. The molecule has 7 heavy (non-hydrogen) atoms. The first-order chi connectivity index (χ1) is 3.18. The second-order valence-corrected chi connectivity index (χ2v) is 1.28. The normalized spacial score (nSPS) is 13.6. The van der Waals surface area contributed by atoms with Crippen LogP contribution in [0.15, 0.2) is 0 Å². The molecule has 0 fully saturated rings. The van der Waals surface area contributed by atoms with Crippen LogP contribution in [0.5, 0.6) is 0 Å². The first-order valence-corrected chi connectivity index (χ1v) is 1.99. The van der Waals surface area contributed by atoms with Gasteiger partial charge in [0.05, 0.1) is 0 Å². The van der Waals surface area contributed by atoms with E-state index in [4.69, 9.17) is 0 Å². The number of rotatable bonds is 2. The van der Waals surface area contributed by atoms with Crippen molar-refractivity contribution in [1.29, 1.82) is 0 Å². The molecular weight excluding hydrogens is 125 g/mol. The Kier molecular flexibility index (Phi) is 2.83. The van der Waals surface area contributed by atoms with Crippen molar-refractivity contribution < 1.29 is 13.6 Å². The molecule has 0 aromatic rings. The maximum atomic E-state index is 11.3. The fourth-order valence-electron chi connectivity index (χ4n) is 0.0583. The van der Waals surface area contributed by atoms with E-state index in [1.165, 1.54) is 0 Å². The lowest BCUT2D eigenvalue weighted by molar-refractivity contribution is -0.122. The van der Waals surface area contributed by atoms with Crippen molar-refractivity contribution in [2.45, 2.75) is 5.63 Å². The zero-order valence-electron chi connectivity index (χ0n) is 3.33. The maximum absolute atomic E-state index is 11.3. The lowest BCUT2D eigenvalue weighted by Crippen LogP contribution is -2.09. The van der Waals surface area contributed by atoms with Gasteiger partial charge < -0.3 is 0 Å². The lowest BCUT2D eigenvalue weighted by Gasteiger charge is -1.87. The quantitative estimate of drug-likeness (QED) is 0.509. The van der Waals surface area contributed by atoms with E-state index in [2.05, 4.69) is 11.6 Å². The number of carbonyl (C=O) groups excluding carboxylic acids is 1. The predicted molar refractivity (Wildman–Crippen MR) is 21.7 cm³/mol. The van der Waals surface area contributed by atoms with Gasteiger partial charge in [0.15, 0.2) is 6.67 Å². The minimum absolute atomic E-state index is 1.22. The van der Waals surface area contributed by atoms with Crippen LogP contribution in [0.1, 0.15) is 0 Å². The Bertz CT molecular complexity index is 73.3. The molecule has 0 saturated heterocycles. The van der Waals surface area contributed by atoms with Gasteiger partial charge in [0.25, 0.3) is 0 Å². The molecule has 0 aromatic heterocycles. The highest BCUT2D eigenvalue weighted by Gasteiger charge is 2.10. The van der Waals surface area contributed by atoms with E-state index in [-0.39, 0.29) is 0 Å². The topological polar surface area (TPSA) is 17.1 Å². The molecule has 1 nitrogen and oxygen atoms in total. The Morgan fingerprint density at radius 1 is 1.86 bits per heavy atom. The van der Waals surface area contributed by atoms with Crippen molar-refractivity contribution in [3.8, 4) is 0 Å². The molecular formula is C3H3ClF2O. The van der Waals surface area contributed by atoms with Gasteiger partial charge in [-0.3, -0.25) is 4.79 Å². The van der Waals surface area contributed by atoms with Gasteiger partial charge in [-0.15, -0.1) is 0 Å². The largest absolute Gasteiger partial charge is 0.292 e. The molecule has 1 unspecified atom stereocenters. The summed E-state index contributed by atoms with van der Waals surface area (Å²) in [5, 5.41) is 0. The number of Topliss-reactive ketones (excluding diaryl/α,β-unsaturated/α-hetero) is 1. The molecule has 0 heterocycles. The zero-order valence-corrected chi connectivity index (χ0v) is 4.08.